The standard InChI is InChI=1S/C10H13N3O/c14-10-1-5-13(6-2-10)8-9-7-11-3-4-12-9/h3-4,7H,1-2,5-6,8H2. The molecule has 1 aliphatic heterocycles. The first-order valence-corrected chi connectivity index (χ1v) is 4.83. The average Bonchev–Trinajstić information content (AvgIpc) is 2.23. The number of hydrogen-bond acceptors (Lipinski definition) is 4. The van der Waals surface area contributed by atoms with E-state index >= 15 is 0 Å². The molecule has 1 aromatic heterocycles. The molecule has 0 N–H and O–H groups in total. The molecule has 1 aliphatic rings. The zero-order chi connectivity index (χ0) is 9.80. The molecule has 0 bridgehead atoms. The van der Waals surface area contributed by atoms with E-state index in [0.29, 0.717) is 18.6 Å². The fraction of sp³-hybridized carbons (Fsp3) is 0.500. The lowest BCUT2D eigenvalue weighted by Gasteiger charge is -2.24. The number of hydrogen-bond donors (Lipinski definition) is 0. The van der Waals surface area contributed by atoms with Gasteiger partial charge in [-0.25, -0.2) is 0 Å². The lowest BCUT2D eigenvalue weighted by Crippen LogP contribution is -2.33. The van der Waals surface area contributed by atoms with Crippen LogP contribution in [-0.4, -0.2) is 33.7 Å². The maximum absolute atomic E-state index is 11.0. The van der Waals surface area contributed by atoms with Crippen molar-refractivity contribution in [1.82, 2.24) is 14.9 Å². The summed E-state index contributed by atoms with van der Waals surface area (Å²) in [5.74, 6) is 0.375. The number of Topliss-reactive ketones (excluding diaryl/α,β-unsaturated/α-hetero) is 1. The van der Waals surface area contributed by atoms with Crippen LogP contribution in [0.4, 0.5) is 0 Å². The Bertz CT molecular complexity index is 302. The van der Waals surface area contributed by atoms with E-state index in [9.17, 15) is 4.79 Å². The van der Waals surface area contributed by atoms with E-state index in [1.807, 2.05) is 0 Å². The smallest absolute Gasteiger partial charge is 0.135 e. The first kappa shape index (κ1) is 9.27. The van der Waals surface area contributed by atoms with Crippen molar-refractivity contribution in [2.75, 3.05) is 13.1 Å². The van der Waals surface area contributed by atoms with Crippen molar-refractivity contribution in [3.63, 3.8) is 0 Å². The summed E-state index contributed by atoms with van der Waals surface area (Å²) in [5, 5.41) is 0. The van der Waals surface area contributed by atoms with E-state index in [1.165, 1.54) is 0 Å². The molecule has 14 heavy (non-hydrogen) atoms. The summed E-state index contributed by atoms with van der Waals surface area (Å²) in [5.41, 5.74) is 0.974. The summed E-state index contributed by atoms with van der Waals surface area (Å²) in [7, 11) is 0. The number of ketones is 1. The van der Waals surface area contributed by atoms with Gasteiger partial charge in [0, 0.05) is 51.1 Å². The Morgan fingerprint density at radius 3 is 2.71 bits per heavy atom. The maximum Gasteiger partial charge on any atom is 0.135 e. The van der Waals surface area contributed by atoms with Gasteiger partial charge in [-0.15, -0.1) is 0 Å². The number of piperidine rings is 1. The van der Waals surface area contributed by atoms with E-state index < -0.39 is 0 Å². The highest BCUT2D eigenvalue weighted by molar-refractivity contribution is 5.79. The van der Waals surface area contributed by atoms with Crippen LogP contribution in [0.2, 0.25) is 0 Å². The van der Waals surface area contributed by atoms with Gasteiger partial charge in [0.25, 0.3) is 0 Å². The van der Waals surface area contributed by atoms with Crippen molar-refractivity contribution in [3.05, 3.63) is 24.3 Å². The summed E-state index contributed by atoms with van der Waals surface area (Å²) in [6.07, 6.45) is 6.50. The van der Waals surface area contributed by atoms with Crippen LogP contribution in [-0.2, 0) is 11.3 Å². The predicted molar refractivity (Wildman–Crippen MR) is 51.6 cm³/mol. The second-order valence-corrected chi connectivity index (χ2v) is 3.51. The van der Waals surface area contributed by atoms with Crippen LogP contribution in [0.3, 0.4) is 0 Å². The lowest BCUT2D eigenvalue weighted by atomic mass is 10.1. The molecule has 1 fully saturated rings. The zero-order valence-corrected chi connectivity index (χ0v) is 8.02. The second kappa shape index (κ2) is 4.28. The zero-order valence-electron chi connectivity index (χ0n) is 8.02. The van der Waals surface area contributed by atoms with Crippen molar-refractivity contribution < 1.29 is 4.79 Å². The Hall–Kier alpha value is -1.29. The first-order chi connectivity index (χ1) is 6.84. The normalized spacial score (nSPS) is 18.4. The Labute approximate surface area is 83.0 Å². The van der Waals surface area contributed by atoms with Crippen LogP contribution in [0.15, 0.2) is 18.6 Å². The van der Waals surface area contributed by atoms with Gasteiger partial charge >= 0.3 is 0 Å². The lowest BCUT2D eigenvalue weighted by molar-refractivity contribution is -0.121. The number of carbonyl (C=O) groups is 1. The third kappa shape index (κ3) is 2.35. The quantitative estimate of drug-likeness (QED) is 0.688. The van der Waals surface area contributed by atoms with Gasteiger partial charge in [0.15, 0.2) is 0 Å². The van der Waals surface area contributed by atoms with Crippen LogP contribution < -0.4 is 0 Å². The molecular weight excluding hydrogens is 178 g/mol. The highest BCUT2D eigenvalue weighted by Gasteiger charge is 2.16. The molecule has 0 aliphatic carbocycles. The molecule has 0 spiro atoms. The number of nitrogens with zero attached hydrogens (tertiary/aromatic N) is 3. The van der Waals surface area contributed by atoms with Crippen LogP contribution in [0.25, 0.3) is 0 Å². The summed E-state index contributed by atoms with van der Waals surface area (Å²) < 4.78 is 0. The van der Waals surface area contributed by atoms with E-state index in [0.717, 1.165) is 25.3 Å². The summed E-state index contributed by atoms with van der Waals surface area (Å²) in [6.45, 7) is 2.52. The number of rotatable bonds is 2. The Kier molecular flexibility index (Phi) is 2.84. The Morgan fingerprint density at radius 1 is 1.29 bits per heavy atom. The van der Waals surface area contributed by atoms with Gasteiger partial charge in [-0.1, -0.05) is 0 Å². The SMILES string of the molecule is O=C1CCN(Cc2cnccn2)CC1. The third-order valence-electron chi connectivity index (χ3n) is 2.42. The van der Waals surface area contributed by atoms with Crippen molar-refractivity contribution in [3.8, 4) is 0 Å². The summed E-state index contributed by atoms with van der Waals surface area (Å²) in [6, 6.07) is 0. The summed E-state index contributed by atoms with van der Waals surface area (Å²) >= 11 is 0. The van der Waals surface area contributed by atoms with Crippen molar-refractivity contribution >= 4 is 5.78 Å². The van der Waals surface area contributed by atoms with Gasteiger partial charge in [-0.05, 0) is 0 Å². The molecule has 0 amide bonds. The van der Waals surface area contributed by atoms with Crippen LogP contribution >= 0.6 is 0 Å². The fourth-order valence-corrected chi connectivity index (χ4v) is 1.60. The van der Waals surface area contributed by atoms with Crippen LogP contribution in [0.5, 0.6) is 0 Å². The summed E-state index contributed by atoms with van der Waals surface area (Å²) in [4.78, 5) is 21.5. The number of carbonyl (C=O) groups excluding carboxylic acids is 1. The molecule has 1 aromatic rings. The van der Waals surface area contributed by atoms with Crippen molar-refractivity contribution in [2.24, 2.45) is 0 Å². The van der Waals surface area contributed by atoms with Gasteiger partial charge in [0.05, 0.1) is 5.69 Å². The van der Waals surface area contributed by atoms with E-state index in [-0.39, 0.29) is 0 Å². The van der Waals surface area contributed by atoms with Gasteiger partial charge in [0.1, 0.15) is 5.78 Å². The molecule has 4 nitrogen and oxygen atoms in total. The molecule has 0 saturated carbocycles. The third-order valence-corrected chi connectivity index (χ3v) is 2.42. The predicted octanol–water partition coefficient (Wildman–Crippen LogP) is 0.642. The molecule has 2 heterocycles. The van der Waals surface area contributed by atoms with Gasteiger partial charge in [0.2, 0.25) is 0 Å². The van der Waals surface area contributed by atoms with E-state index in [1.54, 1.807) is 18.6 Å². The molecule has 74 valence electrons. The molecular formula is C10H13N3O. The maximum atomic E-state index is 11.0. The molecule has 0 atom stereocenters. The minimum Gasteiger partial charge on any atom is -0.300 e. The average molecular weight is 191 g/mol. The molecule has 0 aromatic carbocycles. The van der Waals surface area contributed by atoms with Gasteiger partial charge in [-0.3, -0.25) is 19.7 Å². The van der Waals surface area contributed by atoms with Crippen LogP contribution in [0.1, 0.15) is 18.5 Å². The second-order valence-electron chi connectivity index (χ2n) is 3.51. The van der Waals surface area contributed by atoms with Crippen molar-refractivity contribution in [2.45, 2.75) is 19.4 Å². The Balaban J connectivity index is 1.89. The minimum atomic E-state index is 0.375. The van der Waals surface area contributed by atoms with Gasteiger partial charge in [-0.2, -0.15) is 0 Å². The monoisotopic (exact) mass is 191 g/mol. The highest BCUT2D eigenvalue weighted by atomic mass is 16.1. The number of likely N-dealkylation sites (tertiary alicyclic amines) is 1. The fourth-order valence-electron chi connectivity index (χ4n) is 1.60. The largest absolute Gasteiger partial charge is 0.300 e. The van der Waals surface area contributed by atoms with Crippen molar-refractivity contribution in [1.29, 1.82) is 0 Å². The molecule has 0 radical (unpaired) electrons. The van der Waals surface area contributed by atoms with Gasteiger partial charge < -0.3 is 0 Å². The van der Waals surface area contributed by atoms with E-state index in [4.69, 9.17) is 0 Å². The minimum absolute atomic E-state index is 0.375. The topological polar surface area (TPSA) is 46.1 Å². The van der Waals surface area contributed by atoms with Crippen LogP contribution in [0, 0.1) is 0 Å². The first-order valence-electron chi connectivity index (χ1n) is 4.83. The molecule has 4 heteroatoms. The highest BCUT2D eigenvalue weighted by Crippen LogP contribution is 2.08. The molecule has 0 unspecified atom stereocenters. The molecule has 1 saturated heterocycles. The Morgan fingerprint density at radius 2 is 2.07 bits per heavy atom. The molecule has 2 rings (SSSR count). The van der Waals surface area contributed by atoms with E-state index in [2.05, 4.69) is 14.9 Å². The number of aromatic nitrogens is 2.